The summed E-state index contributed by atoms with van der Waals surface area (Å²) in [4.78, 5) is 8.17. The Hall–Kier alpha value is -0.640. The van der Waals surface area contributed by atoms with E-state index in [1.165, 1.54) is 19.3 Å². The molecule has 1 aliphatic rings. The molecular weight excluding hydrogens is 254 g/mol. The molecule has 4 heteroatoms. The van der Waals surface area contributed by atoms with Gasteiger partial charge in [-0.1, -0.05) is 13.8 Å². The lowest BCUT2D eigenvalue weighted by molar-refractivity contribution is 0.378. The Bertz CT molecular complexity index is 351. The van der Waals surface area contributed by atoms with E-state index in [1.807, 2.05) is 0 Å². The fraction of sp³-hybridized carbons (Fsp3) is 0.636. The number of rotatable bonds is 2. The van der Waals surface area contributed by atoms with E-state index >= 15 is 0 Å². The van der Waals surface area contributed by atoms with Gasteiger partial charge >= 0.3 is 0 Å². The molecule has 0 aromatic carbocycles. The smallest absolute Gasteiger partial charge is 0.143 e. The summed E-state index contributed by atoms with van der Waals surface area (Å²) in [6.45, 7) is 4.65. The van der Waals surface area contributed by atoms with Crippen molar-refractivity contribution in [3.8, 4) is 0 Å². The predicted molar refractivity (Wildman–Crippen MR) is 64.8 cm³/mol. The van der Waals surface area contributed by atoms with Gasteiger partial charge in [0.25, 0.3) is 0 Å². The highest BCUT2D eigenvalue weighted by Gasteiger charge is 2.31. The van der Waals surface area contributed by atoms with Crippen molar-refractivity contribution < 1.29 is 0 Å². The molecular formula is C11H16BrN3. The quantitative estimate of drug-likeness (QED) is 0.896. The third-order valence-corrected chi connectivity index (χ3v) is 3.56. The van der Waals surface area contributed by atoms with Crippen LogP contribution in [0.2, 0.25) is 0 Å². The van der Waals surface area contributed by atoms with Gasteiger partial charge in [-0.05, 0) is 40.6 Å². The van der Waals surface area contributed by atoms with Crippen LogP contribution in [0.25, 0.3) is 0 Å². The Kier molecular flexibility index (Phi) is 2.96. The van der Waals surface area contributed by atoms with Gasteiger partial charge in [-0.3, -0.25) is 0 Å². The van der Waals surface area contributed by atoms with E-state index in [1.54, 1.807) is 12.5 Å². The highest BCUT2D eigenvalue weighted by molar-refractivity contribution is 9.10. The van der Waals surface area contributed by atoms with Crippen LogP contribution in [0.1, 0.15) is 33.1 Å². The first-order valence-corrected chi connectivity index (χ1v) is 6.08. The lowest BCUT2D eigenvalue weighted by Crippen LogP contribution is -2.18. The summed E-state index contributed by atoms with van der Waals surface area (Å²) in [6, 6.07) is 0.547. The number of nitrogens with one attached hydrogen (secondary N) is 1. The Morgan fingerprint density at radius 3 is 2.93 bits per heavy atom. The van der Waals surface area contributed by atoms with E-state index in [0.29, 0.717) is 11.5 Å². The van der Waals surface area contributed by atoms with Gasteiger partial charge in [0.1, 0.15) is 12.1 Å². The maximum absolute atomic E-state index is 4.22. The molecule has 1 saturated carbocycles. The third-order valence-electron chi connectivity index (χ3n) is 2.98. The molecule has 82 valence electrons. The van der Waals surface area contributed by atoms with E-state index in [0.717, 1.165) is 10.3 Å². The second-order valence-corrected chi connectivity index (χ2v) is 5.82. The van der Waals surface area contributed by atoms with Crippen molar-refractivity contribution in [2.24, 2.45) is 5.41 Å². The molecule has 1 fully saturated rings. The molecule has 1 heterocycles. The molecule has 1 N–H and O–H groups in total. The van der Waals surface area contributed by atoms with Crippen LogP contribution in [0.3, 0.4) is 0 Å². The van der Waals surface area contributed by atoms with Gasteiger partial charge in [-0.2, -0.15) is 0 Å². The molecule has 0 spiro atoms. The van der Waals surface area contributed by atoms with Crippen molar-refractivity contribution in [3.63, 3.8) is 0 Å². The summed E-state index contributed by atoms with van der Waals surface area (Å²) in [7, 11) is 0. The molecule has 15 heavy (non-hydrogen) atoms. The molecule has 3 nitrogen and oxygen atoms in total. The average Bonchev–Trinajstić information content (AvgIpc) is 2.50. The van der Waals surface area contributed by atoms with Crippen LogP contribution >= 0.6 is 15.9 Å². The van der Waals surface area contributed by atoms with Crippen LogP contribution in [0, 0.1) is 5.41 Å². The summed E-state index contributed by atoms with van der Waals surface area (Å²) >= 11 is 3.44. The first kappa shape index (κ1) is 10.9. The average molecular weight is 270 g/mol. The van der Waals surface area contributed by atoms with E-state index in [9.17, 15) is 0 Å². The Morgan fingerprint density at radius 1 is 1.53 bits per heavy atom. The number of anilines is 1. The lowest BCUT2D eigenvalue weighted by Gasteiger charge is -2.18. The minimum atomic E-state index is 0.469. The Morgan fingerprint density at radius 2 is 2.33 bits per heavy atom. The number of halogens is 1. The van der Waals surface area contributed by atoms with Crippen molar-refractivity contribution in [3.05, 3.63) is 17.0 Å². The van der Waals surface area contributed by atoms with Crippen molar-refractivity contribution in [1.29, 1.82) is 0 Å². The van der Waals surface area contributed by atoms with E-state index in [-0.39, 0.29) is 0 Å². The topological polar surface area (TPSA) is 37.8 Å². The van der Waals surface area contributed by atoms with Crippen molar-refractivity contribution in [1.82, 2.24) is 9.97 Å². The van der Waals surface area contributed by atoms with Crippen molar-refractivity contribution in [2.45, 2.75) is 39.2 Å². The zero-order chi connectivity index (χ0) is 10.9. The minimum Gasteiger partial charge on any atom is -0.366 e. The fourth-order valence-electron chi connectivity index (χ4n) is 2.17. The molecule has 0 aliphatic heterocycles. The maximum Gasteiger partial charge on any atom is 0.143 e. The van der Waals surface area contributed by atoms with Gasteiger partial charge in [0.2, 0.25) is 0 Å². The molecule has 0 radical (unpaired) electrons. The maximum atomic E-state index is 4.22. The van der Waals surface area contributed by atoms with Crippen LogP contribution in [0.5, 0.6) is 0 Å². The van der Waals surface area contributed by atoms with Gasteiger partial charge in [-0.25, -0.2) is 9.97 Å². The van der Waals surface area contributed by atoms with E-state index in [2.05, 4.69) is 45.1 Å². The van der Waals surface area contributed by atoms with Crippen molar-refractivity contribution >= 4 is 21.7 Å². The van der Waals surface area contributed by atoms with Gasteiger partial charge in [0.15, 0.2) is 0 Å². The highest BCUT2D eigenvalue weighted by Crippen LogP contribution is 2.38. The second kappa shape index (κ2) is 4.08. The van der Waals surface area contributed by atoms with Gasteiger partial charge in [-0.15, -0.1) is 0 Å². The zero-order valence-electron chi connectivity index (χ0n) is 9.13. The normalized spacial score (nSPS) is 24.1. The van der Waals surface area contributed by atoms with E-state index in [4.69, 9.17) is 0 Å². The Balaban J connectivity index is 2.02. The third kappa shape index (κ3) is 2.68. The largest absolute Gasteiger partial charge is 0.366 e. The van der Waals surface area contributed by atoms with Gasteiger partial charge in [0, 0.05) is 12.2 Å². The lowest BCUT2D eigenvalue weighted by atomic mass is 9.92. The molecule has 0 amide bonds. The zero-order valence-corrected chi connectivity index (χ0v) is 10.7. The minimum absolute atomic E-state index is 0.469. The number of nitrogens with zero attached hydrogens (tertiary/aromatic N) is 2. The molecule has 2 rings (SSSR count). The van der Waals surface area contributed by atoms with Crippen LogP contribution in [-0.2, 0) is 0 Å². The Labute approximate surface area is 98.8 Å². The first-order valence-electron chi connectivity index (χ1n) is 5.29. The van der Waals surface area contributed by atoms with Crippen LogP contribution in [0.4, 0.5) is 5.82 Å². The molecule has 1 aromatic rings. The summed E-state index contributed by atoms with van der Waals surface area (Å²) in [5.74, 6) is 0.910. The first-order chi connectivity index (χ1) is 7.07. The molecule has 1 unspecified atom stereocenters. The summed E-state index contributed by atoms with van der Waals surface area (Å²) in [5, 5.41) is 3.47. The molecule has 0 bridgehead atoms. The SMILES string of the molecule is CC1(C)CCC(Nc2ncncc2Br)C1. The summed E-state index contributed by atoms with van der Waals surface area (Å²) in [6.07, 6.45) is 7.07. The number of hydrogen-bond acceptors (Lipinski definition) is 3. The van der Waals surface area contributed by atoms with Crippen LogP contribution in [-0.4, -0.2) is 16.0 Å². The molecule has 1 aromatic heterocycles. The monoisotopic (exact) mass is 269 g/mol. The molecule has 1 atom stereocenters. The van der Waals surface area contributed by atoms with Crippen LogP contribution in [0.15, 0.2) is 17.0 Å². The van der Waals surface area contributed by atoms with Gasteiger partial charge in [0.05, 0.1) is 4.47 Å². The molecule has 1 aliphatic carbocycles. The van der Waals surface area contributed by atoms with Gasteiger partial charge < -0.3 is 5.32 Å². The standard InChI is InChI=1S/C11H16BrN3/c1-11(2)4-3-8(5-11)15-10-9(12)6-13-7-14-10/h6-8H,3-5H2,1-2H3,(H,13,14,15). The summed E-state index contributed by atoms with van der Waals surface area (Å²) in [5.41, 5.74) is 0.469. The predicted octanol–water partition coefficient (Wildman–Crippen LogP) is 3.23. The number of aromatic nitrogens is 2. The highest BCUT2D eigenvalue weighted by atomic mass is 79.9. The fourth-order valence-corrected chi connectivity index (χ4v) is 2.51. The van der Waals surface area contributed by atoms with E-state index < -0.39 is 0 Å². The number of hydrogen-bond donors (Lipinski definition) is 1. The second-order valence-electron chi connectivity index (χ2n) is 4.97. The molecule has 0 saturated heterocycles. The van der Waals surface area contributed by atoms with Crippen molar-refractivity contribution in [2.75, 3.05) is 5.32 Å². The van der Waals surface area contributed by atoms with Crippen LogP contribution < -0.4 is 5.32 Å². The summed E-state index contributed by atoms with van der Waals surface area (Å²) < 4.78 is 0.940.